The molecule has 0 aromatic heterocycles. The van der Waals surface area contributed by atoms with Crippen molar-refractivity contribution in [3.8, 4) is 11.5 Å². The number of aliphatic hydroxyl groups is 1. The molecule has 19 heavy (non-hydrogen) atoms. The van der Waals surface area contributed by atoms with Gasteiger partial charge in [-0.2, -0.15) is 0 Å². The monoisotopic (exact) mass is 384 g/mol. The molecule has 0 saturated heterocycles. The summed E-state index contributed by atoms with van der Waals surface area (Å²) in [6.45, 7) is 3.74. The number of rotatable bonds is 3. The lowest BCUT2D eigenvalue weighted by Gasteiger charge is -2.12. The van der Waals surface area contributed by atoms with Gasteiger partial charge >= 0.3 is 0 Å². The van der Waals surface area contributed by atoms with Crippen LogP contribution in [0.4, 0.5) is 0 Å². The van der Waals surface area contributed by atoms with Crippen molar-refractivity contribution in [2.24, 2.45) is 0 Å². The van der Waals surface area contributed by atoms with Crippen molar-refractivity contribution < 1.29 is 9.84 Å². The van der Waals surface area contributed by atoms with E-state index in [0.717, 1.165) is 31.6 Å². The summed E-state index contributed by atoms with van der Waals surface area (Å²) in [5.41, 5.74) is 1.91. The number of hydrogen-bond acceptors (Lipinski definition) is 2. The first-order valence-electron chi connectivity index (χ1n) is 5.89. The highest BCUT2D eigenvalue weighted by Crippen LogP contribution is 2.32. The van der Waals surface area contributed by atoms with E-state index in [1.54, 1.807) is 6.92 Å². The molecule has 0 radical (unpaired) electrons. The molecule has 0 saturated carbocycles. The van der Waals surface area contributed by atoms with Crippen molar-refractivity contribution in [3.63, 3.8) is 0 Å². The highest BCUT2D eigenvalue weighted by atomic mass is 79.9. The summed E-state index contributed by atoms with van der Waals surface area (Å²) < 4.78 is 7.68. The molecule has 2 aromatic carbocycles. The second-order valence-electron chi connectivity index (χ2n) is 4.37. The van der Waals surface area contributed by atoms with Gasteiger partial charge in [0, 0.05) is 8.95 Å². The van der Waals surface area contributed by atoms with E-state index in [2.05, 4.69) is 31.9 Å². The zero-order valence-electron chi connectivity index (χ0n) is 10.7. The average Bonchev–Trinajstić information content (AvgIpc) is 2.33. The Morgan fingerprint density at radius 1 is 1.11 bits per heavy atom. The minimum absolute atomic E-state index is 0.504. The van der Waals surface area contributed by atoms with Crippen LogP contribution in [0.15, 0.2) is 45.3 Å². The van der Waals surface area contributed by atoms with Crippen LogP contribution in [0.5, 0.6) is 11.5 Å². The second-order valence-corrected chi connectivity index (χ2v) is 6.14. The number of hydrogen-bond donors (Lipinski definition) is 1. The van der Waals surface area contributed by atoms with Gasteiger partial charge < -0.3 is 9.84 Å². The van der Waals surface area contributed by atoms with E-state index in [0.29, 0.717) is 0 Å². The predicted molar refractivity (Wildman–Crippen MR) is 83.7 cm³/mol. The molecule has 2 nitrogen and oxygen atoms in total. The van der Waals surface area contributed by atoms with Gasteiger partial charge in [-0.1, -0.05) is 44.0 Å². The first kappa shape index (κ1) is 14.6. The fourth-order valence-corrected chi connectivity index (χ4v) is 2.75. The fourth-order valence-electron chi connectivity index (χ4n) is 1.72. The summed E-state index contributed by atoms with van der Waals surface area (Å²) >= 11 is 6.88. The van der Waals surface area contributed by atoms with E-state index < -0.39 is 6.10 Å². The van der Waals surface area contributed by atoms with Crippen molar-refractivity contribution >= 4 is 31.9 Å². The van der Waals surface area contributed by atoms with Crippen molar-refractivity contribution in [1.29, 1.82) is 0 Å². The summed E-state index contributed by atoms with van der Waals surface area (Å²) in [6, 6.07) is 11.5. The van der Waals surface area contributed by atoms with E-state index in [9.17, 15) is 5.11 Å². The van der Waals surface area contributed by atoms with Crippen LogP contribution in [0, 0.1) is 6.92 Å². The Hall–Kier alpha value is -0.840. The van der Waals surface area contributed by atoms with Crippen LogP contribution in [0.2, 0.25) is 0 Å². The van der Waals surface area contributed by atoms with Gasteiger partial charge in [0.1, 0.15) is 11.5 Å². The van der Waals surface area contributed by atoms with Crippen LogP contribution in [0.25, 0.3) is 0 Å². The van der Waals surface area contributed by atoms with Gasteiger partial charge in [0.25, 0.3) is 0 Å². The van der Waals surface area contributed by atoms with Gasteiger partial charge in [-0.05, 0) is 49.2 Å². The molecule has 0 aliphatic carbocycles. The topological polar surface area (TPSA) is 29.5 Å². The lowest BCUT2D eigenvalue weighted by atomic mass is 10.1. The maximum Gasteiger partial charge on any atom is 0.131 e. The number of halogens is 2. The minimum Gasteiger partial charge on any atom is -0.457 e. The number of aliphatic hydroxyl groups excluding tert-OH is 1. The van der Waals surface area contributed by atoms with Crippen LogP contribution in [-0.2, 0) is 0 Å². The van der Waals surface area contributed by atoms with Crippen LogP contribution in [0.3, 0.4) is 0 Å². The molecule has 0 amide bonds. The van der Waals surface area contributed by atoms with Gasteiger partial charge in [-0.3, -0.25) is 0 Å². The zero-order chi connectivity index (χ0) is 14.0. The molecule has 2 rings (SSSR count). The van der Waals surface area contributed by atoms with Crippen LogP contribution < -0.4 is 4.74 Å². The molecule has 0 fully saturated rings. The molecule has 0 aliphatic heterocycles. The normalized spacial score (nSPS) is 12.3. The zero-order valence-corrected chi connectivity index (χ0v) is 13.8. The summed E-state index contributed by atoms with van der Waals surface area (Å²) in [6.07, 6.45) is -0.504. The first-order chi connectivity index (χ1) is 8.97. The standard InChI is InChI=1S/C15H14Br2O2/c1-9-3-4-11(16)7-15(9)19-12-5-6-13(10(2)18)14(17)8-12/h3-8,10,18H,1-2H3/t10-/m1/s1. The van der Waals surface area contributed by atoms with E-state index >= 15 is 0 Å². The maximum atomic E-state index is 9.59. The maximum absolute atomic E-state index is 9.59. The Balaban J connectivity index is 2.29. The Morgan fingerprint density at radius 3 is 2.47 bits per heavy atom. The predicted octanol–water partition coefficient (Wildman–Crippen LogP) is 5.37. The molecule has 1 N–H and O–H groups in total. The SMILES string of the molecule is Cc1ccc(Br)cc1Oc1ccc([C@@H](C)O)c(Br)c1. The van der Waals surface area contributed by atoms with E-state index in [4.69, 9.17) is 4.74 Å². The van der Waals surface area contributed by atoms with Crippen molar-refractivity contribution in [3.05, 3.63) is 56.5 Å². The van der Waals surface area contributed by atoms with Gasteiger partial charge in [0.2, 0.25) is 0 Å². The van der Waals surface area contributed by atoms with E-state index in [-0.39, 0.29) is 0 Å². The van der Waals surface area contributed by atoms with E-state index in [1.165, 1.54) is 0 Å². The van der Waals surface area contributed by atoms with Crippen molar-refractivity contribution in [2.75, 3.05) is 0 Å². The Labute approximate surface area is 129 Å². The molecule has 0 unspecified atom stereocenters. The molecular weight excluding hydrogens is 372 g/mol. The molecule has 0 heterocycles. The highest BCUT2D eigenvalue weighted by Gasteiger charge is 2.08. The van der Waals surface area contributed by atoms with Crippen LogP contribution >= 0.6 is 31.9 Å². The summed E-state index contributed by atoms with van der Waals surface area (Å²) in [4.78, 5) is 0. The molecule has 0 spiro atoms. The van der Waals surface area contributed by atoms with Gasteiger partial charge in [-0.15, -0.1) is 0 Å². The first-order valence-corrected chi connectivity index (χ1v) is 7.47. The third-order valence-corrected chi connectivity index (χ3v) is 3.98. The molecule has 2 aromatic rings. The lowest BCUT2D eigenvalue weighted by Crippen LogP contribution is -1.94. The summed E-state index contributed by atoms with van der Waals surface area (Å²) in [7, 11) is 0. The Bertz CT molecular complexity index is 595. The van der Waals surface area contributed by atoms with Crippen molar-refractivity contribution in [1.82, 2.24) is 0 Å². The Morgan fingerprint density at radius 2 is 1.84 bits per heavy atom. The van der Waals surface area contributed by atoms with Crippen LogP contribution in [0.1, 0.15) is 24.2 Å². The number of ether oxygens (including phenoxy) is 1. The fraction of sp³-hybridized carbons (Fsp3) is 0.200. The number of benzene rings is 2. The second kappa shape index (κ2) is 6.07. The molecule has 1 atom stereocenters. The third-order valence-electron chi connectivity index (χ3n) is 2.80. The van der Waals surface area contributed by atoms with Gasteiger partial charge in [0.15, 0.2) is 0 Å². The van der Waals surface area contributed by atoms with Gasteiger partial charge in [-0.25, -0.2) is 0 Å². The molecule has 0 bridgehead atoms. The quantitative estimate of drug-likeness (QED) is 0.769. The summed E-state index contributed by atoms with van der Waals surface area (Å²) in [5, 5.41) is 9.59. The molecule has 0 aliphatic rings. The van der Waals surface area contributed by atoms with E-state index in [1.807, 2.05) is 43.3 Å². The molecule has 100 valence electrons. The largest absolute Gasteiger partial charge is 0.457 e. The smallest absolute Gasteiger partial charge is 0.131 e. The van der Waals surface area contributed by atoms with Crippen LogP contribution in [-0.4, -0.2) is 5.11 Å². The lowest BCUT2D eigenvalue weighted by molar-refractivity contribution is 0.198. The number of aryl methyl sites for hydroxylation is 1. The van der Waals surface area contributed by atoms with Crippen molar-refractivity contribution in [2.45, 2.75) is 20.0 Å². The molecular formula is C15H14Br2O2. The highest BCUT2D eigenvalue weighted by molar-refractivity contribution is 9.10. The average molecular weight is 386 g/mol. The molecule has 4 heteroatoms. The minimum atomic E-state index is -0.504. The van der Waals surface area contributed by atoms with Gasteiger partial charge in [0.05, 0.1) is 6.10 Å². The third kappa shape index (κ3) is 3.59. The summed E-state index contributed by atoms with van der Waals surface area (Å²) in [5.74, 6) is 1.54. The Kier molecular flexibility index (Phi) is 4.66.